The molecule has 11 rings (SSSR count). The van der Waals surface area contributed by atoms with Gasteiger partial charge in [0.2, 0.25) is 0 Å². The lowest BCUT2D eigenvalue weighted by Gasteiger charge is -2.29. The van der Waals surface area contributed by atoms with Crippen LogP contribution in [-0.4, -0.2) is 4.57 Å². The second-order valence-corrected chi connectivity index (χ2v) is 14.7. The molecule has 0 unspecified atom stereocenters. The van der Waals surface area contributed by atoms with Gasteiger partial charge in [-0.05, 0) is 76.5 Å². The van der Waals surface area contributed by atoms with Crippen molar-refractivity contribution in [1.82, 2.24) is 4.57 Å². The minimum absolute atomic E-state index is 1.16. The van der Waals surface area contributed by atoms with Gasteiger partial charge in [0.05, 0.1) is 32.8 Å². The summed E-state index contributed by atoms with van der Waals surface area (Å²) >= 11 is 1.88. The fourth-order valence-electron chi connectivity index (χ4n) is 8.43. The molecule has 0 fully saturated rings. The zero-order valence-electron chi connectivity index (χ0n) is 28.8. The van der Waals surface area contributed by atoms with Crippen LogP contribution in [0.2, 0.25) is 0 Å². The van der Waals surface area contributed by atoms with E-state index >= 15 is 0 Å². The Morgan fingerprint density at radius 2 is 1.00 bits per heavy atom. The van der Waals surface area contributed by atoms with Crippen LogP contribution in [0.25, 0.3) is 80.3 Å². The van der Waals surface area contributed by atoms with Gasteiger partial charge in [0, 0.05) is 42.7 Å². The first-order valence-electron chi connectivity index (χ1n) is 18.1. The van der Waals surface area contributed by atoms with Crippen molar-refractivity contribution in [3.8, 4) is 16.8 Å². The fourth-order valence-corrected chi connectivity index (χ4v) is 9.63. The molecule has 2 nitrogen and oxygen atoms in total. The number of hydrogen-bond donors (Lipinski definition) is 0. The Bertz CT molecular complexity index is 3180. The molecule has 11 aromatic rings. The van der Waals surface area contributed by atoms with Gasteiger partial charge in [0.1, 0.15) is 0 Å². The summed E-state index contributed by atoms with van der Waals surface area (Å²) in [5.74, 6) is 0. The highest BCUT2D eigenvalue weighted by molar-refractivity contribution is 7.26. The van der Waals surface area contributed by atoms with Crippen LogP contribution in [0.3, 0.4) is 0 Å². The van der Waals surface area contributed by atoms with Gasteiger partial charge >= 0.3 is 0 Å². The largest absolute Gasteiger partial charge is 0.309 e. The van der Waals surface area contributed by atoms with Crippen molar-refractivity contribution in [2.45, 2.75) is 0 Å². The minimum atomic E-state index is 1.16. The maximum Gasteiger partial charge on any atom is 0.0640 e. The summed E-state index contributed by atoms with van der Waals surface area (Å²) < 4.78 is 4.97. The quantitative estimate of drug-likeness (QED) is 0.174. The third-order valence-corrected chi connectivity index (χ3v) is 12.0. The van der Waals surface area contributed by atoms with Crippen LogP contribution in [0.15, 0.2) is 194 Å². The van der Waals surface area contributed by atoms with Crippen molar-refractivity contribution in [3.05, 3.63) is 194 Å². The molecule has 0 aliphatic carbocycles. The molecule has 3 heteroatoms. The van der Waals surface area contributed by atoms with E-state index in [1.165, 1.54) is 91.7 Å². The first-order valence-corrected chi connectivity index (χ1v) is 18.9. The van der Waals surface area contributed by atoms with Crippen molar-refractivity contribution in [1.29, 1.82) is 0 Å². The van der Waals surface area contributed by atoms with E-state index in [-0.39, 0.29) is 0 Å². The SMILES string of the molecule is c1ccc(-n2c3ccccc3c3cc(-c4ccc(N(c5cccc6ccccc56)c5cccc6c5sc5ccccc56)c5ccccc45)ccc32)cc1. The summed E-state index contributed by atoms with van der Waals surface area (Å²) in [4.78, 5) is 2.50. The normalized spacial score (nSPS) is 11.8. The summed E-state index contributed by atoms with van der Waals surface area (Å²) in [6, 6.07) is 71.0. The number of nitrogens with zero attached hydrogens (tertiary/aromatic N) is 2. The molecule has 0 spiro atoms. The number of fused-ring (bicyclic) bond motifs is 8. The highest BCUT2D eigenvalue weighted by Crippen LogP contribution is 2.49. The number of benzene rings is 9. The third-order valence-electron chi connectivity index (χ3n) is 10.8. The molecule has 2 aromatic heterocycles. The molecule has 0 amide bonds. The Labute approximate surface area is 311 Å². The first-order chi connectivity index (χ1) is 26.3. The van der Waals surface area contributed by atoms with E-state index in [4.69, 9.17) is 0 Å². The van der Waals surface area contributed by atoms with Crippen LogP contribution in [0.5, 0.6) is 0 Å². The Balaban J connectivity index is 1.16. The first kappa shape index (κ1) is 30.0. The van der Waals surface area contributed by atoms with Crippen LogP contribution in [0, 0.1) is 0 Å². The second kappa shape index (κ2) is 11.9. The molecular formula is C50H32N2S. The van der Waals surface area contributed by atoms with Gasteiger partial charge in [-0.15, -0.1) is 11.3 Å². The molecule has 2 heterocycles. The fraction of sp³-hybridized carbons (Fsp3) is 0. The Morgan fingerprint density at radius 1 is 0.377 bits per heavy atom. The van der Waals surface area contributed by atoms with Crippen LogP contribution in [0.4, 0.5) is 17.1 Å². The molecule has 0 saturated heterocycles. The topological polar surface area (TPSA) is 8.17 Å². The van der Waals surface area contributed by atoms with Gasteiger partial charge in [-0.25, -0.2) is 0 Å². The number of hydrogen-bond acceptors (Lipinski definition) is 2. The molecule has 0 N–H and O–H groups in total. The number of anilines is 3. The summed E-state index contributed by atoms with van der Waals surface area (Å²) in [5, 5.41) is 9.99. The van der Waals surface area contributed by atoms with Gasteiger partial charge in [-0.3, -0.25) is 0 Å². The van der Waals surface area contributed by atoms with Crippen LogP contribution in [0.1, 0.15) is 0 Å². The average Bonchev–Trinajstić information content (AvgIpc) is 3.77. The number of thiophene rings is 1. The van der Waals surface area contributed by atoms with E-state index < -0.39 is 0 Å². The van der Waals surface area contributed by atoms with Crippen molar-refractivity contribution in [2.24, 2.45) is 0 Å². The molecule has 248 valence electrons. The van der Waals surface area contributed by atoms with E-state index in [1.807, 2.05) is 11.3 Å². The molecule has 0 radical (unpaired) electrons. The van der Waals surface area contributed by atoms with Gasteiger partial charge in [0.15, 0.2) is 0 Å². The highest BCUT2D eigenvalue weighted by atomic mass is 32.1. The van der Waals surface area contributed by atoms with Crippen LogP contribution >= 0.6 is 11.3 Å². The van der Waals surface area contributed by atoms with Crippen LogP contribution < -0.4 is 4.90 Å². The third kappa shape index (κ3) is 4.64. The van der Waals surface area contributed by atoms with Gasteiger partial charge < -0.3 is 9.47 Å². The predicted molar refractivity (Wildman–Crippen MR) is 229 cm³/mol. The van der Waals surface area contributed by atoms with Crippen molar-refractivity contribution in [3.63, 3.8) is 0 Å². The smallest absolute Gasteiger partial charge is 0.0640 e. The van der Waals surface area contributed by atoms with Crippen molar-refractivity contribution >= 4 is 91.9 Å². The standard InChI is InChI=1S/C50H32N2S/c1-2-16-35(17-3-1)51-45-24-10-8-21-40(45)43-32-34(28-30-47(43)51)36-29-31-46(39-20-7-6-19-38(36)39)52(44-25-12-15-33-14-4-5-18-37(33)44)48-26-13-23-42-41-22-9-11-27-49(41)53-50(42)48/h1-32H. The average molecular weight is 693 g/mol. The molecular weight excluding hydrogens is 661 g/mol. The molecule has 0 aliphatic rings. The summed E-state index contributed by atoms with van der Waals surface area (Å²) in [6.07, 6.45) is 0. The van der Waals surface area contributed by atoms with Gasteiger partial charge in [-0.2, -0.15) is 0 Å². The van der Waals surface area contributed by atoms with Crippen LogP contribution in [-0.2, 0) is 0 Å². The lowest BCUT2D eigenvalue weighted by atomic mass is 9.95. The lowest BCUT2D eigenvalue weighted by Crippen LogP contribution is -2.11. The Morgan fingerprint density at radius 3 is 1.89 bits per heavy atom. The van der Waals surface area contributed by atoms with Gasteiger partial charge in [-0.1, -0.05) is 140 Å². The van der Waals surface area contributed by atoms with Gasteiger partial charge in [0.25, 0.3) is 0 Å². The van der Waals surface area contributed by atoms with E-state index in [1.54, 1.807) is 0 Å². The van der Waals surface area contributed by atoms with Crippen molar-refractivity contribution in [2.75, 3.05) is 4.90 Å². The molecule has 0 aliphatic heterocycles. The Kier molecular flexibility index (Phi) is 6.76. The highest BCUT2D eigenvalue weighted by Gasteiger charge is 2.23. The van der Waals surface area contributed by atoms with E-state index in [0.717, 1.165) is 5.69 Å². The number of para-hydroxylation sites is 2. The molecule has 0 saturated carbocycles. The molecule has 0 atom stereocenters. The van der Waals surface area contributed by atoms with E-state index in [0.29, 0.717) is 0 Å². The summed E-state index contributed by atoms with van der Waals surface area (Å²) in [6.45, 7) is 0. The van der Waals surface area contributed by atoms with E-state index in [2.05, 4.69) is 204 Å². The number of aromatic nitrogens is 1. The summed E-state index contributed by atoms with van der Waals surface area (Å²) in [5.41, 5.74) is 9.54. The molecule has 53 heavy (non-hydrogen) atoms. The maximum absolute atomic E-state index is 2.50. The number of rotatable bonds is 5. The zero-order chi connectivity index (χ0) is 34.9. The molecule has 9 aromatic carbocycles. The molecule has 0 bridgehead atoms. The monoisotopic (exact) mass is 692 g/mol. The van der Waals surface area contributed by atoms with Crippen molar-refractivity contribution < 1.29 is 0 Å². The maximum atomic E-state index is 2.50. The Hall–Kier alpha value is -6.68. The van der Waals surface area contributed by atoms with E-state index in [9.17, 15) is 0 Å². The zero-order valence-corrected chi connectivity index (χ0v) is 29.6. The summed E-state index contributed by atoms with van der Waals surface area (Å²) in [7, 11) is 0. The second-order valence-electron chi connectivity index (χ2n) is 13.7. The predicted octanol–water partition coefficient (Wildman–Crippen LogP) is 14.6. The lowest BCUT2D eigenvalue weighted by molar-refractivity contribution is 1.18. The minimum Gasteiger partial charge on any atom is -0.309 e.